The summed E-state index contributed by atoms with van der Waals surface area (Å²) >= 11 is 0. The van der Waals surface area contributed by atoms with Gasteiger partial charge in [0.25, 0.3) is 0 Å². The molecule has 2 heterocycles. The van der Waals surface area contributed by atoms with Crippen LogP contribution in [0.3, 0.4) is 0 Å². The lowest BCUT2D eigenvalue weighted by Crippen LogP contribution is -2.37. The molecule has 1 aliphatic heterocycles. The van der Waals surface area contributed by atoms with Crippen molar-refractivity contribution in [1.29, 1.82) is 0 Å². The Morgan fingerprint density at radius 1 is 0.875 bits per heavy atom. The van der Waals surface area contributed by atoms with Crippen LogP contribution >= 0.6 is 0 Å². The SMILES string of the molecule is CC(C)C1OB(c2ccc3c(c2)C(C)(C)c2ccc4c(oc5ccccc54)c2-3)OC1(C)C. The fourth-order valence-corrected chi connectivity index (χ4v) is 5.94. The van der Waals surface area contributed by atoms with E-state index in [1.807, 2.05) is 12.1 Å². The van der Waals surface area contributed by atoms with E-state index < -0.39 is 0 Å². The Balaban J connectivity index is 1.51. The van der Waals surface area contributed by atoms with Gasteiger partial charge in [-0.25, -0.2) is 0 Å². The monoisotopic (exact) mass is 424 g/mol. The summed E-state index contributed by atoms with van der Waals surface area (Å²) < 4.78 is 19.2. The third-order valence-corrected chi connectivity index (χ3v) is 7.45. The zero-order chi connectivity index (χ0) is 22.4. The van der Waals surface area contributed by atoms with E-state index in [9.17, 15) is 0 Å². The minimum atomic E-state index is -0.339. The molecule has 1 unspecified atom stereocenters. The second kappa shape index (κ2) is 6.49. The van der Waals surface area contributed by atoms with E-state index in [1.54, 1.807) is 0 Å². The van der Waals surface area contributed by atoms with Crippen LogP contribution in [-0.4, -0.2) is 18.8 Å². The Morgan fingerprint density at radius 3 is 2.41 bits per heavy atom. The molecule has 4 heteroatoms. The summed E-state index contributed by atoms with van der Waals surface area (Å²) in [5, 5.41) is 2.35. The number of furan rings is 1. The maximum absolute atomic E-state index is 6.40. The van der Waals surface area contributed by atoms with Gasteiger partial charge in [-0.2, -0.15) is 0 Å². The zero-order valence-electron chi connectivity index (χ0n) is 19.7. The first kappa shape index (κ1) is 20.1. The van der Waals surface area contributed by atoms with E-state index in [4.69, 9.17) is 13.7 Å². The molecule has 1 fully saturated rings. The first-order chi connectivity index (χ1) is 15.2. The highest BCUT2D eigenvalue weighted by Gasteiger charge is 2.48. The predicted octanol–water partition coefficient (Wildman–Crippen LogP) is 6.44. The molecule has 3 aromatic carbocycles. The molecule has 0 saturated carbocycles. The van der Waals surface area contributed by atoms with E-state index >= 15 is 0 Å². The molecule has 1 saturated heterocycles. The predicted molar refractivity (Wildman–Crippen MR) is 132 cm³/mol. The molecule has 0 N–H and O–H groups in total. The molecule has 4 aromatic rings. The van der Waals surface area contributed by atoms with Gasteiger partial charge >= 0.3 is 7.12 Å². The minimum Gasteiger partial charge on any atom is -0.455 e. The summed E-state index contributed by atoms with van der Waals surface area (Å²) in [6.07, 6.45) is 0.0705. The van der Waals surface area contributed by atoms with Gasteiger partial charge in [0.2, 0.25) is 0 Å². The fraction of sp³-hybridized carbons (Fsp3) is 0.357. The molecule has 1 aromatic heterocycles. The second-order valence-electron chi connectivity index (χ2n) is 10.7. The van der Waals surface area contributed by atoms with E-state index in [0.717, 1.165) is 16.6 Å². The van der Waals surface area contributed by atoms with Gasteiger partial charge in [-0.15, -0.1) is 0 Å². The van der Waals surface area contributed by atoms with Gasteiger partial charge in [-0.1, -0.05) is 76.2 Å². The van der Waals surface area contributed by atoms with Crippen molar-refractivity contribution in [2.75, 3.05) is 0 Å². The molecule has 0 amide bonds. The van der Waals surface area contributed by atoms with Crippen molar-refractivity contribution in [3.05, 3.63) is 65.7 Å². The molecule has 3 nitrogen and oxygen atoms in total. The van der Waals surface area contributed by atoms with Gasteiger partial charge in [-0.05, 0) is 48.0 Å². The van der Waals surface area contributed by atoms with Crippen LogP contribution < -0.4 is 5.46 Å². The van der Waals surface area contributed by atoms with Crippen LogP contribution in [0.1, 0.15) is 52.7 Å². The van der Waals surface area contributed by atoms with E-state index in [1.165, 1.54) is 33.0 Å². The van der Waals surface area contributed by atoms with Gasteiger partial charge in [0, 0.05) is 21.8 Å². The molecule has 0 bridgehead atoms. The van der Waals surface area contributed by atoms with Crippen molar-refractivity contribution in [1.82, 2.24) is 0 Å². The van der Waals surface area contributed by atoms with Crippen LogP contribution in [0.2, 0.25) is 0 Å². The molecular formula is C28H29BO3. The smallest absolute Gasteiger partial charge is 0.455 e. The van der Waals surface area contributed by atoms with Crippen molar-refractivity contribution in [2.24, 2.45) is 5.92 Å². The number of rotatable bonds is 2. The third kappa shape index (κ3) is 2.63. The molecule has 2 aliphatic rings. The summed E-state index contributed by atoms with van der Waals surface area (Å²) in [6, 6.07) is 19.5. The number of fused-ring (bicyclic) bond motifs is 7. The number of para-hydroxylation sites is 1. The Kier molecular flexibility index (Phi) is 4.07. The average Bonchev–Trinajstić information content (AvgIpc) is 3.36. The summed E-state index contributed by atoms with van der Waals surface area (Å²) in [6.45, 7) is 13.2. The molecule has 1 atom stereocenters. The Morgan fingerprint density at radius 2 is 1.66 bits per heavy atom. The number of hydrogen-bond donors (Lipinski definition) is 0. The van der Waals surface area contributed by atoms with Crippen LogP contribution in [0.5, 0.6) is 0 Å². The Labute approximate surface area is 189 Å². The summed E-state index contributed by atoms with van der Waals surface area (Å²) in [7, 11) is -0.339. The topological polar surface area (TPSA) is 31.6 Å². The highest BCUT2D eigenvalue weighted by molar-refractivity contribution is 6.62. The fourth-order valence-electron chi connectivity index (χ4n) is 5.94. The standard InChI is InChI=1S/C28H29BO3/c1-16(2)26-28(5,6)32-29(31-26)17-11-12-20-22(15-17)27(3,4)21-14-13-19-18-9-7-8-10-23(18)30-25(19)24(20)21/h7-16,26H,1-6H3. The van der Waals surface area contributed by atoms with Crippen LogP contribution in [0.25, 0.3) is 33.1 Å². The normalized spacial score (nSPS) is 21.0. The summed E-state index contributed by atoms with van der Waals surface area (Å²) in [4.78, 5) is 0. The molecule has 0 spiro atoms. The van der Waals surface area contributed by atoms with Crippen molar-refractivity contribution in [2.45, 2.75) is 58.7 Å². The first-order valence-corrected chi connectivity index (χ1v) is 11.6. The van der Waals surface area contributed by atoms with Crippen molar-refractivity contribution < 1.29 is 13.7 Å². The van der Waals surface area contributed by atoms with Gasteiger partial charge in [0.15, 0.2) is 0 Å². The average molecular weight is 424 g/mol. The van der Waals surface area contributed by atoms with Crippen LogP contribution in [0, 0.1) is 5.92 Å². The highest BCUT2D eigenvalue weighted by Crippen LogP contribution is 2.52. The van der Waals surface area contributed by atoms with Crippen LogP contribution in [0.15, 0.2) is 59.0 Å². The lowest BCUT2D eigenvalue weighted by Gasteiger charge is -2.28. The van der Waals surface area contributed by atoms with Gasteiger partial charge in [-0.3, -0.25) is 0 Å². The summed E-state index contributed by atoms with van der Waals surface area (Å²) in [5.41, 5.74) is 7.65. The molecule has 1 aliphatic carbocycles. The Hall–Kier alpha value is -2.56. The maximum atomic E-state index is 6.40. The quantitative estimate of drug-likeness (QED) is 0.347. The Bertz CT molecular complexity index is 1380. The lowest BCUT2D eigenvalue weighted by molar-refractivity contribution is 0.0438. The first-order valence-electron chi connectivity index (χ1n) is 11.6. The van der Waals surface area contributed by atoms with Crippen LogP contribution in [-0.2, 0) is 14.7 Å². The number of hydrogen-bond acceptors (Lipinski definition) is 3. The lowest BCUT2D eigenvalue weighted by atomic mass is 9.74. The molecule has 162 valence electrons. The van der Waals surface area contributed by atoms with Crippen LogP contribution in [0.4, 0.5) is 0 Å². The molecule has 0 radical (unpaired) electrons. The zero-order valence-corrected chi connectivity index (χ0v) is 19.7. The minimum absolute atomic E-state index is 0.0705. The molecule has 6 rings (SSSR count). The van der Waals surface area contributed by atoms with Gasteiger partial charge < -0.3 is 13.7 Å². The van der Waals surface area contributed by atoms with E-state index in [2.05, 4.69) is 84.0 Å². The van der Waals surface area contributed by atoms with Gasteiger partial charge in [0.05, 0.1) is 11.7 Å². The van der Waals surface area contributed by atoms with E-state index in [0.29, 0.717) is 5.92 Å². The maximum Gasteiger partial charge on any atom is 0.494 e. The second-order valence-corrected chi connectivity index (χ2v) is 10.7. The third-order valence-electron chi connectivity index (χ3n) is 7.45. The van der Waals surface area contributed by atoms with Crippen molar-refractivity contribution >= 4 is 34.5 Å². The largest absolute Gasteiger partial charge is 0.494 e. The van der Waals surface area contributed by atoms with E-state index in [-0.39, 0.29) is 24.2 Å². The van der Waals surface area contributed by atoms with Crippen molar-refractivity contribution in [3.63, 3.8) is 0 Å². The van der Waals surface area contributed by atoms with Gasteiger partial charge in [0.1, 0.15) is 11.2 Å². The number of benzene rings is 3. The summed E-state index contributed by atoms with van der Waals surface area (Å²) in [5.74, 6) is 0.395. The highest BCUT2D eigenvalue weighted by atomic mass is 16.7. The molecular weight excluding hydrogens is 395 g/mol. The molecule has 32 heavy (non-hydrogen) atoms. The van der Waals surface area contributed by atoms with Crippen molar-refractivity contribution in [3.8, 4) is 11.1 Å².